The molecule has 6 heteroatoms. The first-order valence-electron chi connectivity index (χ1n) is 7.83. The largest absolute Gasteiger partial charge is 0.464 e. The lowest BCUT2D eigenvalue weighted by Crippen LogP contribution is -2.39. The van der Waals surface area contributed by atoms with Crippen LogP contribution in [-0.4, -0.2) is 34.3 Å². The van der Waals surface area contributed by atoms with Crippen molar-refractivity contribution < 1.29 is 9.15 Å². The van der Waals surface area contributed by atoms with E-state index >= 15 is 0 Å². The van der Waals surface area contributed by atoms with E-state index in [-0.39, 0.29) is 6.10 Å². The predicted octanol–water partition coefficient (Wildman–Crippen LogP) is 3.36. The topological polar surface area (TPSA) is 50.5 Å². The summed E-state index contributed by atoms with van der Waals surface area (Å²) in [5.74, 6) is 1.80. The normalized spacial score (nSPS) is 17.2. The molecule has 1 saturated heterocycles. The van der Waals surface area contributed by atoms with E-state index in [1.54, 1.807) is 12.4 Å². The summed E-state index contributed by atoms with van der Waals surface area (Å²) in [7, 11) is 0. The third-order valence-corrected chi connectivity index (χ3v) is 4.15. The fraction of sp³-hybridized carbons (Fsp3) is 0.412. The Balaban J connectivity index is 1.69. The average Bonchev–Trinajstić information content (AvgIpc) is 3.19. The first-order valence-corrected chi connectivity index (χ1v) is 8.24. The Morgan fingerprint density at radius 2 is 2.35 bits per heavy atom. The number of rotatable bonds is 5. The zero-order valence-corrected chi connectivity index (χ0v) is 14.0. The third-order valence-electron chi connectivity index (χ3n) is 3.79. The summed E-state index contributed by atoms with van der Waals surface area (Å²) in [6, 6.07) is 7.79. The molecule has 1 aliphatic heterocycles. The minimum Gasteiger partial charge on any atom is -0.464 e. The maximum atomic E-state index is 5.75. The highest BCUT2D eigenvalue weighted by Gasteiger charge is 2.22. The van der Waals surface area contributed by atoms with Gasteiger partial charge in [0, 0.05) is 19.3 Å². The number of nitrogens with one attached hydrogen (secondary N) is 1. The maximum absolute atomic E-state index is 5.75. The molecule has 23 heavy (non-hydrogen) atoms. The Bertz CT molecular complexity index is 638. The lowest BCUT2D eigenvalue weighted by molar-refractivity contribution is 0.0892. The van der Waals surface area contributed by atoms with Crippen LogP contribution in [0, 0.1) is 6.92 Å². The number of pyridine rings is 1. The van der Waals surface area contributed by atoms with E-state index in [0.717, 1.165) is 43.2 Å². The van der Waals surface area contributed by atoms with Crippen molar-refractivity contribution in [3.05, 3.63) is 48.2 Å². The molecule has 1 aliphatic rings. The Labute approximate surface area is 141 Å². The molecule has 0 aliphatic carbocycles. The lowest BCUT2D eigenvalue weighted by Gasteiger charge is -2.27. The van der Waals surface area contributed by atoms with Gasteiger partial charge in [0.25, 0.3) is 0 Å². The SMILES string of the molecule is Cc1ccc(CN(CC2CCCO2)C(=S)Nc2cccnc2)o1. The summed E-state index contributed by atoms with van der Waals surface area (Å²) in [5, 5.41) is 3.90. The molecule has 3 heterocycles. The van der Waals surface area contributed by atoms with Crippen LogP contribution >= 0.6 is 12.2 Å². The van der Waals surface area contributed by atoms with Gasteiger partial charge in [0.15, 0.2) is 5.11 Å². The zero-order valence-electron chi connectivity index (χ0n) is 13.2. The molecular weight excluding hydrogens is 310 g/mol. The molecule has 0 saturated carbocycles. The smallest absolute Gasteiger partial charge is 0.173 e. The molecule has 1 fully saturated rings. The predicted molar refractivity (Wildman–Crippen MR) is 93.3 cm³/mol. The van der Waals surface area contributed by atoms with E-state index in [0.29, 0.717) is 11.7 Å². The van der Waals surface area contributed by atoms with Gasteiger partial charge in [0.05, 0.1) is 24.5 Å². The molecule has 2 aromatic heterocycles. The molecule has 0 bridgehead atoms. The van der Waals surface area contributed by atoms with Crippen molar-refractivity contribution in [2.45, 2.75) is 32.4 Å². The summed E-state index contributed by atoms with van der Waals surface area (Å²) in [4.78, 5) is 6.20. The van der Waals surface area contributed by atoms with Crippen molar-refractivity contribution >= 4 is 23.0 Å². The van der Waals surface area contributed by atoms with Gasteiger partial charge in [-0.2, -0.15) is 0 Å². The molecule has 0 radical (unpaired) electrons. The Morgan fingerprint density at radius 1 is 1.43 bits per heavy atom. The first-order chi connectivity index (χ1) is 11.2. The van der Waals surface area contributed by atoms with Gasteiger partial charge in [0.2, 0.25) is 0 Å². The molecular formula is C17H21N3O2S. The van der Waals surface area contributed by atoms with E-state index in [1.165, 1.54) is 0 Å². The van der Waals surface area contributed by atoms with Gasteiger partial charge in [0.1, 0.15) is 11.5 Å². The summed E-state index contributed by atoms with van der Waals surface area (Å²) in [5.41, 5.74) is 0.880. The fourth-order valence-corrected chi connectivity index (χ4v) is 2.91. The summed E-state index contributed by atoms with van der Waals surface area (Å²) in [6.07, 6.45) is 5.90. The second-order valence-corrected chi connectivity index (χ2v) is 6.09. The number of thiocarbonyl (C=S) groups is 1. The molecule has 122 valence electrons. The lowest BCUT2D eigenvalue weighted by atomic mass is 10.2. The van der Waals surface area contributed by atoms with Gasteiger partial charge < -0.3 is 19.4 Å². The van der Waals surface area contributed by atoms with Crippen LogP contribution in [0.2, 0.25) is 0 Å². The number of anilines is 1. The van der Waals surface area contributed by atoms with Gasteiger partial charge >= 0.3 is 0 Å². The number of aryl methyl sites for hydroxylation is 1. The zero-order chi connectivity index (χ0) is 16.1. The van der Waals surface area contributed by atoms with Gasteiger partial charge in [-0.3, -0.25) is 4.98 Å². The second kappa shape index (κ2) is 7.57. The molecule has 1 unspecified atom stereocenters. The summed E-state index contributed by atoms with van der Waals surface area (Å²) < 4.78 is 11.5. The van der Waals surface area contributed by atoms with Crippen LogP contribution in [0.25, 0.3) is 0 Å². The quantitative estimate of drug-likeness (QED) is 0.848. The highest BCUT2D eigenvalue weighted by atomic mass is 32.1. The van der Waals surface area contributed by atoms with Crippen LogP contribution < -0.4 is 5.32 Å². The van der Waals surface area contributed by atoms with Crippen molar-refractivity contribution in [3.8, 4) is 0 Å². The van der Waals surface area contributed by atoms with E-state index in [4.69, 9.17) is 21.4 Å². The van der Waals surface area contributed by atoms with Gasteiger partial charge in [-0.15, -0.1) is 0 Å². The van der Waals surface area contributed by atoms with Gasteiger partial charge in [-0.25, -0.2) is 0 Å². The molecule has 5 nitrogen and oxygen atoms in total. The van der Waals surface area contributed by atoms with E-state index in [2.05, 4.69) is 15.2 Å². The van der Waals surface area contributed by atoms with Crippen molar-refractivity contribution in [1.29, 1.82) is 0 Å². The van der Waals surface area contributed by atoms with Crippen molar-refractivity contribution in [3.63, 3.8) is 0 Å². The van der Waals surface area contributed by atoms with Crippen LogP contribution in [0.15, 0.2) is 41.1 Å². The monoisotopic (exact) mass is 331 g/mol. The molecule has 3 rings (SSSR count). The van der Waals surface area contributed by atoms with Crippen LogP contribution in [-0.2, 0) is 11.3 Å². The minimum absolute atomic E-state index is 0.222. The standard InChI is InChI=1S/C17H21N3O2S/c1-13-6-7-16(22-13)12-20(11-15-5-3-9-21-15)17(23)19-14-4-2-8-18-10-14/h2,4,6-8,10,15H,3,5,9,11-12H2,1H3,(H,19,23). The Kier molecular flexibility index (Phi) is 5.25. The van der Waals surface area contributed by atoms with E-state index in [1.807, 2.05) is 31.2 Å². The fourth-order valence-electron chi connectivity index (χ4n) is 2.65. The molecule has 0 amide bonds. The first kappa shape index (κ1) is 16.0. The average molecular weight is 331 g/mol. The van der Waals surface area contributed by atoms with Gasteiger partial charge in [-0.1, -0.05) is 0 Å². The number of hydrogen-bond donors (Lipinski definition) is 1. The highest BCUT2D eigenvalue weighted by molar-refractivity contribution is 7.80. The second-order valence-electron chi connectivity index (χ2n) is 5.70. The number of hydrogen-bond acceptors (Lipinski definition) is 4. The minimum atomic E-state index is 0.222. The number of ether oxygens (including phenoxy) is 1. The molecule has 2 aromatic rings. The van der Waals surface area contributed by atoms with Gasteiger partial charge in [-0.05, 0) is 56.2 Å². The van der Waals surface area contributed by atoms with Crippen LogP contribution in [0.5, 0.6) is 0 Å². The molecule has 1 N–H and O–H groups in total. The maximum Gasteiger partial charge on any atom is 0.173 e. The van der Waals surface area contributed by atoms with E-state index in [9.17, 15) is 0 Å². The Morgan fingerprint density at radius 3 is 3.00 bits per heavy atom. The highest BCUT2D eigenvalue weighted by Crippen LogP contribution is 2.17. The van der Waals surface area contributed by atoms with Crippen molar-refractivity contribution in [2.75, 3.05) is 18.5 Å². The van der Waals surface area contributed by atoms with Crippen LogP contribution in [0.1, 0.15) is 24.4 Å². The number of furan rings is 1. The third kappa shape index (κ3) is 4.53. The number of nitrogens with zero attached hydrogens (tertiary/aromatic N) is 2. The molecule has 0 aromatic carbocycles. The summed E-state index contributed by atoms with van der Waals surface area (Å²) >= 11 is 5.59. The van der Waals surface area contributed by atoms with Crippen molar-refractivity contribution in [1.82, 2.24) is 9.88 Å². The molecule has 1 atom stereocenters. The van der Waals surface area contributed by atoms with Crippen molar-refractivity contribution in [2.24, 2.45) is 0 Å². The van der Waals surface area contributed by atoms with Crippen LogP contribution in [0.4, 0.5) is 5.69 Å². The van der Waals surface area contributed by atoms with E-state index < -0.39 is 0 Å². The number of aromatic nitrogens is 1. The van der Waals surface area contributed by atoms with Crippen LogP contribution in [0.3, 0.4) is 0 Å². The summed E-state index contributed by atoms with van der Waals surface area (Å²) in [6.45, 7) is 4.16. The Hall–Kier alpha value is -1.92. The molecule has 0 spiro atoms.